The van der Waals surface area contributed by atoms with Crippen molar-refractivity contribution in [3.63, 3.8) is 0 Å². The fraction of sp³-hybridized carbons (Fsp3) is 0.727. The van der Waals surface area contributed by atoms with Crippen molar-refractivity contribution in [2.75, 3.05) is 11.9 Å². The van der Waals surface area contributed by atoms with Crippen molar-refractivity contribution in [1.29, 1.82) is 0 Å². The number of nitrogens with one attached hydrogen (secondary N) is 1. The molecule has 1 aromatic rings. The second-order valence-electron chi connectivity index (χ2n) is 4.05. The third-order valence-corrected chi connectivity index (χ3v) is 3.02. The molecule has 0 aliphatic heterocycles. The smallest absolute Gasteiger partial charge is 0.159 e. The molecule has 3 nitrogen and oxygen atoms in total. The zero-order chi connectivity index (χ0) is 9.80. The van der Waals surface area contributed by atoms with Crippen molar-refractivity contribution in [2.45, 2.75) is 39.0 Å². The van der Waals surface area contributed by atoms with Crippen molar-refractivity contribution in [3.05, 3.63) is 12.0 Å². The molecule has 0 radical (unpaired) electrons. The Balaban J connectivity index is 1.84. The molecule has 1 saturated carbocycles. The summed E-state index contributed by atoms with van der Waals surface area (Å²) in [7, 11) is 0. The van der Waals surface area contributed by atoms with Crippen LogP contribution in [-0.4, -0.2) is 11.7 Å². The van der Waals surface area contributed by atoms with E-state index in [2.05, 4.69) is 17.4 Å². The zero-order valence-electron chi connectivity index (χ0n) is 8.75. The first-order valence-corrected chi connectivity index (χ1v) is 5.57. The maximum atomic E-state index is 5.12. The molecule has 0 saturated heterocycles. The Kier molecular flexibility index (Phi) is 3.07. The van der Waals surface area contributed by atoms with Crippen LogP contribution in [0.15, 0.2) is 10.7 Å². The fourth-order valence-corrected chi connectivity index (χ4v) is 2.13. The molecular weight excluding hydrogens is 176 g/mol. The zero-order valence-corrected chi connectivity index (χ0v) is 8.75. The van der Waals surface area contributed by atoms with Gasteiger partial charge < -0.3 is 9.84 Å². The minimum Gasteiger partial charge on any atom is -0.381 e. The fourth-order valence-electron chi connectivity index (χ4n) is 2.13. The lowest BCUT2D eigenvalue weighted by molar-refractivity contribution is 0.387. The van der Waals surface area contributed by atoms with Crippen molar-refractivity contribution >= 4 is 5.69 Å². The number of aryl methyl sites for hydroxylation is 1. The van der Waals surface area contributed by atoms with Crippen LogP contribution in [-0.2, 0) is 6.42 Å². The van der Waals surface area contributed by atoms with E-state index in [4.69, 9.17) is 4.52 Å². The molecule has 3 heteroatoms. The van der Waals surface area contributed by atoms with Gasteiger partial charge in [0.25, 0.3) is 0 Å². The number of rotatable bonds is 4. The molecule has 0 bridgehead atoms. The molecule has 2 rings (SSSR count). The van der Waals surface area contributed by atoms with Crippen LogP contribution in [0.1, 0.15) is 38.4 Å². The SMILES string of the molecule is CCc1oncc1NCC1CCCC1. The van der Waals surface area contributed by atoms with E-state index < -0.39 is 0 Å². The summed E-state index contributed by atoms with van der Waals surface area (Å²) in [5.74, 6) is 1.83. The highest BCUT2D eigenvalue weighted by Crippen LogP contribution is 2.25. The molecule has 0 atom stereocenters. The van der Waals surface area contributed by atoms with E-state index in [0.29, 0.717) is 0 Å². The molecule has 0 unspecified atom stereocenters. The van der Waals surface area contributed by atoms with Gasteiger partial charge >= 0.3 is 0 Å². The van der Waals surface area contributed by atoms with Crippen LogP contribution in [0.2, 0.25) is 0 Å². The Morgan fingerprint density at radius 3 is 3.00 bits per heavy atom. The standard InChI is InChI=1S/C11H18N2O/c1-2-11-10(8-13-14-11)12-7-9-5-3-4-6-9/h8-9,12H,2-7H2,1H3. The highest BCUT2D eigenvalue weighted by molar-refractivity contribution is 5.44. The Bertz CT molecular complexity index is 277. The number of hydrogen-bond donors (Lipinski definition) is 1. The van der Waals surface area contributed by atoms with E-state index in [-0.39, 0.29) is 0 Å². The Hall–Kier alpha value is -0.990. The van der Waals surface area contributed by atoms with E-state index in [0.717, 1.165) is 30.3 Å². The molecule has 1 aliphatic carbocycles. The van der Waals surface area contributed by atoms with Crippen LogP contribution in [0.25, 0.3) is 0 Å². The summed E-state index contributed by atoms with van der Waals surface area (Å²) in [5, 5.41) is 7.23. The van der Waals surface area contributed by atoms with Gasteiger partial charge in [-0.25, -0.2) is 0 Å². The highest BCUT2D eigenvalue weighted by atomic mass is 16.5. The minimum atomic E-state index is 0.856. The number of hydrogen-bond acceptors (Lipinski definition) is 3. The Morgan fingerprint density at radius 2 is 2.29 bits per heavy atom. The molecule has 1 aromatic heterocycles. The van der Waals surface area contributed by atoms with Gasteiger partial charge in [0.05, 0.1) is 11.9 Å². The van der Waals surface area contributed by atoms with Crippen LogP contribution in [0.3, 0.4) is 0 Å². The predicted octanol–water partition coefficient (Wildman–Crippen LogP) is 2.84. The minimum absolute atomic E-state index is 0.856. The van der Waals surface area contributed by atoms with Gasteiger partial charge in [-0.1, -0.05) is 24.9 Å². The van der Waals surface area contributed by atoms with Crippen LogP contribution in [0.5, 0.6) is 0 Å². The average molecular weight is 194 g/mol. The summed E-state index contributed by atoms with van der Waals surface area (Å²) in [4.78, 5) is 0. The van der Waals surface area contributed by atoms with Gasteiger partial charge in [-0.05, 0) is 18.8 Å². The lowest BCUT2D eigenvalue weighted by Crippen LogP contribution is -2.11. The highest BCUT2D eigenvalue weighted by Gasteiger charge is 2.15. The first-order valence-electron chi connectivity index (χ1n) is 5.57. The summed E-state index contributed by atoms with van der Waals surface area (Å²) >= 11 is 0. The molecule has 1 N–H and O–H groups in total. The summed E-state index contributed by atoms with van der Waals surface area (Å²) in [6.07, 6.45) is 8.24. The largest absolute Gasteiger partial charge is 0.381 e. The molecule has 14 heavy (non-hydrogen) atoms. The van der Waals surface area contributed by atoms with Crippen LogP contribution < -0.4 is 5.32 Å². The summed E-state index contributed by atoms with van der Waals surface area (Å²) < 4.78 is 5.12. The van der Waals surface area contributed by atoms with Crippen LogP contribution in [0.4, 0.5) is 5.69 Å². The monoisotopic (exact) mass is 194 g/mol. The Labute approximate surface area is 84.9 Å². The second kappa shape index (κ2) is 4.49. The molecule has 0 aromatic carbocycles. The molecule has 78 valence electrons. The van der Waals surface area contributed by atoms with Gasteiger partial charge in [-0.2, -0.15) is 0 Å². The molecular formula is C11H18N2O. The van der Waals surface area contributed by atoms with Crippen LogP contribution in [0, 0.1) is 5.92 Å². The lowest BCUT2D eigenvalue weighted by atomic mass is 10.1. The van der Waals surface area contributed by atoms with Gasteiger partial charge in [-0.15, -0.1) is 0 Å². The molecule has 1 heterocycles. The normalized spacial score (nSPS) is 17.5. The third-order valence-electron chi connectivity index (χ3n) is 3.02. The van der Waals surface area contributed by atoms with Crippen molar-refractivity contribution in [2.24, 2.45) is 5.92 Å². The van der Waals surface area contributed by atoms with Gasteiger partial charge in [-0.3, -0.25) is 0 Å². The maximum absolute atomic E-state index is 5.12. The summed E-state index contributed by atoms with van der Waals surface area (Å²) in [6, 6.07) is 0. The molecule has 0 spiro atoms. The predicted molar refractivity (Wildman–Crippen MR) is 56.3 cm³/mol. The van der Waals surface area contributed by atoms with Gasteiger partial charge in [0.2, 0.25) is 0 Å². The van der Waals surface area contributed by atoms with E-state index in [1.807, 2.05) is 0 Å². The quantitative estimate of drug-likeness (QED) is 0.801. The Morgan fingerprint density at radius 1 is 1.50 bits per heavy atom. The number of anilines is 1. The molecule has 1 aliphatic rings. The van der Waals surface area contributed by atoms with Gasteiger partial charge in [0.1, 0.15) is 0 Å². The van der Waals surface area contributed by atoms with E-state index in [9.17, 15) is 0 Å². The van der Waals surface area contributed by atoms with E-state index in [1.165, 1.54) is 25.7 Å². The average Bonchev–Trinajstić information content (AvgIpc) is 2.85. The number of nitrogens with zero attached hydrogens (tertiary/aromatic N) is 1. The second-order valence-corrected chi connectivity index (χ2v) is 4.05. The van der Waals surface area contributed by atoms with Crippen LogP contribution >= 0.6 is 0 Å². The topological polar surface area (TPSA) is 38.1 Å². The van der Waals surface area contributed by atoms with Gasteiger partial charge in [0, 0.05) is 13.0 Å². The lowest BCUT2D eigenvalue weighted by Gasteiger charge is -2.10. The van der Waals surface area contributed by atoms with Gasteiger partial charge in [0.15, 0.2) is 5.76 Å². The van der Waals surface area contributed by atoms with Crippen molar-refractivity contribution in [3.8, 4) is 0 Å². The van der Waals surface area contributed by atoms with Crippen molar-refractivity contribution in [1.82, 2.24) is 5.16 Å². The molecule has 0 amide bonds. The van der Waals surface area contributed by atoms with E-state index in [1.54, 1.807) is 6.20 Å². The molecule has 1 fully saturated rings. The van der Waals surface area contributed by atoms with Crippen molar-refractivity contribution < 1.29 is 4.52 Å². The van der Waals surface area contributed by atoms with E-state index >= 15 is 0 Å². The maximum Gasteiger partial charge on any atom is 0.159 e. The first-order chi connectivity index (χ1) is 6.90. The third kappa shape index (κ3) is 2.08. The summed E-state index contributed by atoms with van der Waals surface area (Å²) in [6.45, 7) is 3.16. The summed E-state index contributed by atoms with van der Waals surface area (Å²) in [5.41, 5.74) is 1.08. The number of aromatic nitrogens is 1. The first kappa shape index (κ1) is 9.56.